The van der Waals surface area contributed by atoms with Gasteiger partial charge < -0.3 is 14.8 Å². The van der Waals surface area contributed by atoms with Crippen LogP contribution in [0, 0.1) is 0 Å². The van der Waals surface area contributed by atoms with Gasteiger partial charge in [-0.05, 0) is 28.7 Å². The Bertz CT molecular complexity index is 771. The number of rotatable bonds is 9. The molecule has 0 spiro atoms. The van der Waals surface area contributed by atoms with E-state index in [1.54, 1.807) is 0 Å². The molecule has 5 nitrogen and oxygen atoms in total. The summed E-state index contributed by atoms with van der Waals surface area (Å²) < 4.78 is 11.3. The third kappa shape index (κ3) is 6.87. The van der Waals surface area contributed by atoms with Crippen molar-refractivity contribution in [2.75, 3.05) is 39.5 Å². The lowest BCUT2D eigenvalue weighted by Crippen LogP contribution is -2.38. The van der Waals surface area contributed by atoms with Gasteiger partial charge in [0.15, 0.2) is 0 Å². The highest BCUT2D eigenvalue weighted by Gasteiger charge is 2.23. The molecule has 0 saturated carbocycles. The predicted molar refractivity (Wildman–Crippen MR) is 115 cm³/mol. The van der Waals surface area contributed by atoms with E-state index in [1.807, 2.05) is 42.5 Å². The van der Waals surface area contributed by atoms with E-state index in [9.17, 15) is 4.79 Å². The Kier molecular flexibility index (Phi) is 7.67. The molecule has 0 atom stereocenters. The van der Waals surface area contributed by atoms with Gasteiger partial charge in [0.1, 0.15) is 12.4 Å². The molecule has 0 unspecified atom stereocenters. The minimum absolute atomic E-state index is 0.0532. The fourth-order valence-electron chi connectivity index (χ4n) is 3.52. The Morgan fingerprint density at radius 3 is 2.62 bits per heavy atom. The summed E-state index contributed by atoms with van der Waals surface area (Å²) in [6, 6.07) is 18.1. The summed E-state index contributed by atoms with van der Waals surface area (Å²) in [5.74, 6) is 0.895. The first kappa shape index (κ1) is 21.3. The maximum Gasteiger partial charge on any atom is 0.221 e. The fraction of sp³-hybridized carbons (Fsp3) is 0.458. The second-order valence-corrected chi connectivity index (χ2v) is 8.15. The van der Waals surface area contributed by atoms with Crippen LogP contribution in [0.15, 0.2) is 54.6 Å². The van der Waals surface area contributed by atoms with Crippen molar-refractivity contribution in [1.29, 1.82) is 0 Å². The molecule has 1 aliphatic rings. The van der Waals surface area contributed by atoms with Crippen molar-refractivity contribution < 1.29 is 14.3 Å². The van der Waals surface area contributed by atoms with E-state index in [-0.39, 0.29) is 11.3 Å². The van der Waals surface area contributed by atoms with Crippen molar-refractivity contribution in [1.82, 2.24) is 10.2 Å². The highest BCUT2D eigenvalue weighted by molar-refractivity contribution is 5.77. The molecule has 1 saturated heterocycles. The molecule has 5 heteroatoms. The van der Waals surface area contributed by atoms with Crippen LogP contribution in [0.5, 0.6) is 5.75 Å². The molecule has 0 radical (unpaired) electrons. The molecule has 0 aliphatic carbocycles. The Hall–Kier alpha value is -2.37. The average molecular weight is 397 g/mol. The number of carbonyl (C=O) groups excluding carboxylic acids is 1. The van der Waals surface area contributed by atoms with Crippen molar-refractivity contribution in [3.63, 3.8) is 0 Å². The zero-order valence-electron chi connectivity index (χ0n) is 17.5. The number of benzene rings is 2. The standard InChI is InChI=1S/C24H32N2O3/c1-24(2,21-8-4-3-5-9-21)18-23(27)25-19-20-7-6-10-22(17-20)29-16-13-26-11-14-28-15-12-26/h3-10,17H,11-16,18-19H2,1-2H3,(H,25,27). The topological polar surface area (TPSA) is 50.8 Å². The van der Waals surface area contributed by atoms with Crippen molar-refractivity contribution in [2.24, 2.45) is 0 Å². The van der Waals surface area contributed by atoms with Crippen LogP contribution < -0.4 is 10.1 Å². The summed E-state index contributed by atoms with van der Waals surface area (Å²) in [6.07, 6.45) is 0.451. The number of nitrogens with one attached hydrogen (secondary N) is 1. The van der Waals surface area contributed by atoms with Crippen LogP contribution in [0.3, 0.4) is 0 Å². The molecule has 29 heavy (non-hydrogen) atoms. The summed E-state index contributed by atoms with van der Waals surface area (Å²) in [6.45, 7) is 9.80. The Labute approximate surface area is 174 Å². The number of carbonyl (C=O) groups is 1. The van der Waals surface area contributed by atoms with Gasteiger partial charge in [0, 0.05) is 32.6 Å². The molecular weight excluding hydrogens is 364 g/mol. The molecule has 0 bridgehead atoms. The highest BCUT2D eigenvalue weighted by atomic mass is 16.5. The molecule has 1 N–H and O–H groups in total. The Balaban J connectivity index is 1.44. The van der Waals surface area contributed by atoms with Gasteiger partial charge in [0.2, 0.25) is 5.91 Å². The third-order valence-electron chi connectivity index (χ3n) is 5.33. The maximum absolute atomic E-state index is 12.5. The van der Waals surface area contributed by atoms with Gasteiger partial charge >= 0.3 is 0 Å². The quantitative estimate of drug-likeness (QED) is 0.706. The van der Waals surface area contributed by atoms with E-state index in [2.05, 4.69) is 36.2 Å². The van der Waals surface area contributed by atoms with Crippen LogP contribution in [0.25, 0.3) is 0 Å². The summed E-state index contributed by atoms with van der Waals surface area (Å²) in [4.78, 5) is 14.8. The zero-order chi connectivity index (χ0) is 20.5. The fourth-order valence-corrected chi connectivity index (χ4v) is 3.52. The van der Waals surface area contributed by atoms with E-state index >= 15 is 0 Å². The number of nitrogens with zero attached hydrogens (tertiary/aromatic N) is 1. The van der Waals surface area contributed by atoms with Crippen molar-refractivity contribution in [3.8, 4) is 5.75 Å². The molecular formula is C24H32N2O3. The van der Waals surface area contributed by atoms with Crippen LogP contribution in [0.4, 0.5) is 0 Å². The summed E-state index contributed by atoms with van der Waals surface area (Å²) in [5.41, 5.74) is 2.01. The van der Waals surface area contributed by atoms with E-state index in [1.165, 1.54) is 5.56 Å². The predicted octanol–water partition coefficient (Wildman–Crippen LogP) is 3.38. The van der Waals surface area contributed by atoms with Crippen molar-refractivity contribution >= 4 is 5.91 Å². The number of hydrogen-bond acceptors (Lipinski definition) is 4. The summed E-state index contributed by atoms with van der Waals surface area (Å²) in [5, 5.41) is 3.04. The lowest BCUT2D eigenvalue weighted by atomic mass is 9.81. The van der Waals surface area contributed by atoms with Gasteiger partial charge in [0.25, 0.3) is 0 Å². The first-order valence-corrected chi connectivity index (χ1v) is 10.4. The molecule has 1 heterocycles. The highest BCUT2D eigenvalue weighted by Crippen LogP contribution is 2.26. The molecule has 2 aromatic carbocycles. The largest absolute Gasteiger partial charge is 0.492 e. The van der Waals surface area contributed by atoms with Crippen LogP contribution in [0.1, 0.15) is 31.4 Å². The van der Waals surface area contributed by atoms with Crippen molar-refractivity contribution in [3.05, 3.63) is 65.7 Å². The SMILES string of the molecule is CC(C)(CC(=O)NCc1cccc(OCCN2CCOCC2)c1)c1ccccc1. The van der Waals surface area contributed by atoms with Gasteiger partial charge in [-0.2, -0.15) is 0 Å². The normalized spacial score (nSPS) is 15.1. The molecule has 3 rings (SSSR count). The second-order valence-electron chi connectivity index (χ2n) is 8.15. The minimum atomic E-state index is -0.199. The zero-order valence-corrected chi connectivity index (χ0v) is 17.5. The van der Waals surface area contributed by atoms with Gasteiger partial charge in [-0.25, -0.2) is 0 Å². The van der Waals surface area contributed by atoms with Gasteiger partial charge in [-0.3, -0.25) is 9.69 Å². The lowest BCUT2D eigenvalue weighted by molar-refractivity contribution is -0.122. The molecule has 1 amide bonds. The van der Waals surface area contributed by atoms with Gasteiger partial charge in [0.05, 0.1) is 13.2 Å². The lowest BCUT2D eigenvalue weighted by Gasteiger charge is -2.26. The molecule has 1 aliphatic heterocycles. The van der Waals surface area contributed by atoms with Crippen LogP contribution in [-0.4, -0.2) is 50.3 Å². The third-order valence-corrected chi connectivity index (χ3v) is 5.33. The van der Waals surface area contributed by atoms with Gasteiger partial charge in [-0.1, -0.05) is 56.3 Å². The van der Waals surface area contributed by atoms with Crippen LogP contribution in [-0.2, 0) is 21.5 Å². The van der Waals surface area contributed by atoms with E-state index in [0.29, 0.717) is 19.6 Å². The second kappa shape index (κ2) is 10.4. The van der Waals surface area contributed by atoms with Crippen LogP contribution in [0.2, 0.25) is 0 Å². The Morgan fingerprint density at radius 1 is 1.10 bits per heavy atom. The first-order chi connectivity index (χ1) is 14.0. The molecule has 2 aromatic rings. The smallest absolute Gasteiger partial charge is 0.221 e. The number of amides is 1. The van der Waals surface area contributed by atoms with Crippen molar-refractivity contribution in [2.45, 2.75) is 32.2 Å². The van der Waals surface area contributed by atoms with E-state index < -0.39 is 0 Å². The van der Waals surface area contributed by atoms with E-state index in [0.717, 1.165) is 44.2 Å². The van der Waals surface area contributed by atoms with Crippen LogP contribution >= 0.6 is 0 Å². The Morgan fingerprint density at radius 2 is 1.86 bits per heavy atom. The maximum atomic E-state index is 12.5. The summed E-state index contributed by atoms with van der Waals surface area (Å²) in [7, 11) is 0. The number of morpholine rings is 1. The first-order valence-electron chi connectivity index (χ1n) is 10.4. The number of ether oxygens (including phenoxy) is 2. The molecule has 156 valence electrons. The average Bonchev–Trinajstić information content (AvgIpc) is 2.74. The summed E-state index contributed by atoms with van der Waals surface area (Å²) >= 11 is 0. The molecule has 0 aromatic heterocycles. The van der Waals surface area contributed by atoms with E-state index in [4.69, 9.17) is 9.47 Å². The molecule has 1 fully saturated rings. The number of hydrogen-bond donors (Lipinski definition) is 1. The minimum Gasteiger partial charge on any atom is -0.492 e. The van der Waals surface area contributed by atoms with Gasteiger partial charge in [-0.15, -0.1) is 0 Å². The monoisotopic (exact) mass is 396 g/mol.